The van der Waals surface area contributed by atoms with Gasteiger partial charge in [0.1, 0.15) is 14.1 Å². The molecule has 0 aliphatic carbocycles. The van der Waals surface area contributed by atoms with Crippen LogP contribution in [0.2, 0.25) is 0 Å². The van der Waals surface area contributed by atoms with Gasteiger partial charge in [-0.1, -0.05) is 72.8 Å². The summed E-state index contributed by atoms with van der Waals surface area (Å²) in [6, 6.07) is 30.3. The summed E-state index contributed by atoms with van der Waals surface area (Å²) in [7, 11) is 8.37. The highest BCUT2D eigenvalue weighted by Crippen LogP contribution is 2.23. The van der Waals surface area contributed by atoms with E-state index in [1.807, 2.05) is 0 Å². The van der Waals surface area contributed by atoms with E-state index in [0.717, 1.165) is 0 Å². The first-order valence-electron chi connectivity index (χ1n) is 10.6. The zero-order valence-electron chi connectivity index (χ0n) is 18.7. The Hall–Kier alpha value is -3.65. The third kappa shape index (κ3) is 4.59. The van der Waals surface area contributed by atoms with Crippen molar-refractivity contribution in [2.45, 2.75) is 0 Å². The fourth-order valence-corrected chi connectivity index (χ4v) is 3.93. The van der Waals surface area contributed by atoms with Crippen LogP contribution in [0.5, 0.6) is 0 Å². The molecular weight excluding hydrogens is 376 g/mol. The van der Waals surface area contributed by atoms with Crippen LogP contribution in [0.1, 0.15) is 11.1 Å². The van der Waals surface area contributed by atoms with Crippen molar-refractivity contribution in [3.05, 3.63) is 114 Å². The molecule has 0 spiro atoms. The van der Waals surface area contributed by atoms with Crippen LogP contribution >= 0.6 is 0 Å². The molecule has 0 saturated heterocycles. The lowest BCUT2D eigenvalue weighted by atomic mass is 10.0. The van der Waals surface area contributed by atoms with E-state index in [4.69, 9.17) is 0 Å². The first-order valence-corrected chi connectivity index (χ1v) is 10.6. The summed E-state index contributed by atoms with van der Waals surface area (Å²) in [6.07, 6.45) is 6.53. The van der Waals surface area contributed by atoms with Crippen LogP contribution in [0.3, 0.4) is 0 Å². The molecule has 0 fully saturated rings. The van der Waals surface area contributed by atoms with Gasteiger partial charge in [-0.3, -0.25) is 0 Å². The van der Waals surface area contributed by atoms with Crippen LogP contribution in [0.15, 0.2) is 103 Å². The molecule has 2 heteroatoms. The molecule has 31 heavy (non-hydrogen) atoms. The second kappa shape index (κ2) is 9.01. The summed E-state index contributed by atoms with van der Waals surface area (Å²) >= 11 is 0. The highest BCUT2D eigenvalue weighted by Gasteiger charge is 2.09. The highest BCUT2D eigenvalue weighted by atomic mass is 15.1. The van der Waals surface area contributed by atoms with Gasteiger partial charge in [0.25, 0.3) is 0 Å². The van der Waals surface area contributed by atoms with Crippen molar-refractivity contribution in [2.75, 3.05) is 28.2 Å². The standard InChI is InChI=1S/C29H29N2/c1-30(2)28(26-18-16-22-10-5-7-12-24(22)20-26)14-9-15-29(31(3)4)27-19-17-23-11-6-8-13-25(23)21-27/h5-21H,1-4H3/q+1. The number of fused-ring (bicyclic) bond motifs is 2. The smallest absolute Gasteiger partial charge is 0.206 e. The SMILES string of the molecule is CN(C)/C(=C\C=C\C(c1ccc2ccccc2c1)=[N+](C)C)c1ccc2ccccc2c1. The van der Waals surface area contributed by atoms with Gasteiger partial charge in [-0.25, -0.2) is 4.58 Å². The fourth-order valence-electron chi connectivity index (χ4n) is 3.93. The monoisotopic (exact) mass is 405 g/mol. The van der Waals surface area contributed by atoms with Crippen LogP contribution < -0.4 is 0 Å². The largest absolute Gasteiger partial charge is 0.377 e. The van der Waals surface area contributed by atoms with Gasteiger partial charge in [0.2, 0.25) is 5.71 Å². The number of rotatable bonds is 5. The minimum atomic E-state index is 1.18. The van der Waals surface area contributed by atoms with E-state index in [0.29, 0.717) is 0 Å². The molecule has 154 valence electrons. The third-order valence-corrected chi connectivity index (χ3v) is 5.56. The first-order chi connectivity index (χ1) is 15.0. The Balaban J connectivity index is 1.69. The molecule has 4 rings (SSSR count). The Morgan fingerprint density at radius 3 is 1.74 bits per heavy atom. The topological polar surface area (TPSA) is 6.25 Å². The van der Waals surface area contributed by atoms with Gasteiger partial charge in [0.15, 0.2) is 0 Å². The number of hydrogen-bond acceptors (Lipinski definition) is 1. The molecule has 0 atom stereocenters. The molecule has 0 heterocycles. The number of benzene rings is 4. The summed E-state index contributed by atoms with van der Waals surface area (Å²) in [4.78, 5) is 2.17. The predicted molar refractivity (Wildman–Crippen MR) is 135 cm³/mol. The molecule has 0 N–H and O–H groups in total. The fraction of sp³-hybridized carbons (Fsp3) is 0.138. The van der Waals surface area contributed by atoms with E-state index < -0.39 is 0 Å². The number of allylic oxidation sites excluding steroid dienone is 3. The lowest BCUT2D eigenvalue weighted by Gasteiger charge is -2.17. The third-order valence-electron chi connectivity index (χ3n) is 5.56. The number of hydrogen-bond donors (Lipinski definition) is 0. The molecule has 2 nitrogen and oxygen atoms in total. The van der Waals surface area contributed by atoms with Crippen molar-refractivity contribution in [3.63, 3.8) is 0 Å². The molecule has 0 bridgehead atoms. The maximum atomic E-state index is 2.26. The minimum absolute atomic E-state index is 1.18. The Morgan fingerprint density at radius 2 is 1.19 bits per heavy atom. The second-order valence-electron chi connectivity index (χ2n) is 8.21. The molecule has 0 radical (unpaired) electrons. The van der Waals surface area contributed by atoms with Gasteiger partial charge in [-0.15, -0.1) is 0 Å². The van der Waals surface area contributed by atoms with Gasteiger partial charge in [0, 0.05) is 31.4 Å². The van der Waals surface area contributed by atoms with E-state index in [9.17, 15) is 0 Å². The Morgan fingerprint density at radius 1 is 0.677 bits per heavy atom. The van der Waals surface area contributed by atoms with Crippen LogP contribution in [-0.2, 0) is 0 Å². The maximum absolute atomic E-state index is 2.26. The summed E-state index contributed by atoms with van der Waals surface area (Å²) in [6.45, 7) is 0. The van der Waals surface area contributed by atoms with Crippen molar-refractivity contribution in [3.8, 4) is 0 Å². The van der Waals surface area contributed by atoms with Crippen molar-refractivity contribution in [1.82, 2.24) is 4.90 Å². The molecule has 0 saturated carbocycles. The van der Waals surface area contributed by atoms with Crippen LogP contribution in [0, 0.1) is 0 Å². The van der Waals surface area contributed by atoms with Gasteiger partial charge in [0.05, 0.1) is 0 Å². The molecule has 4 aromatic carbocycles. The van der Waals surface area contributed by atoms with Crippen LogP contribution in [0.25, 0.3) is 27.2 Å². The van der Waals surface area contributed by atoms with Crippen molar-refractivity contribution in [1.29, 1.82) is 0 Å². The summed E-state index contributed by atoms with van der Waals surface area (Å²) in [5, 5.41) is 5.04. The average Bonchev–Trinajstić information content (AvgIpc) is 2.78. The first kappa shape index (κ1) is 20.6. The average molecular weight is 406 g/mol. The maximum Gasteiger partial charge on any atom is 0.206 e. The second-order valence-corrected chi connectivity index (χ2v) is 8.21. The van der Waals surface area contributed by atoms with Gasteiger partial charge >= 0.3 is 0 Å². The number of nitrogens with zero attached hydrogens (tertiary/aromatic N) is 2. The highest BCUT2D eigenvalue weighted by molar-refractivity contribution is 6.07. The molecule has 0 aliphatic rings. The minimum Gasteiger partial charge on any atom is -0.377 e. The zero-order valence-corrected chi connectivity index (χ0v) is 18.7. The van der Waals surface area contributed by atoms with E-state index >= 15 is 0 Å². The molecule has 0 amide bonds. The summed E-state index contributed by atoms with van der Waals surface area (Å²) < 4.78 is 2.17. The lowest BCUT2D eigenvalue weighted by molar-refractivity contribution is -0.463. The van der Waals surface area contributed by atoms with Crippen molar-refractivity contribution < 1.29 is 4.58 Å². The summed E-state index contributed by atoms with van der Waals surface area (Å²) in [5.41, 5.74) is 4.79. The van der Waals surface area contributed by atoms with Crippen LogP contribution in [-0.4, -0.2) is 43.4 Å². The van der Waals surface area contributed by atoms with Crippen molar-refractivity contribution >= 4 is 33.0 Å². The molecule has 4 aromatic rings. The Labute approximate surface area is 185 Å². The Bertz CT molecular complexity index is 1320. The Kier molecular flexibility index (Phi) is 5.99. The van der Waals surface area contributed by atoms with Gasteiger partial charge in [-0.2, -0.15) is 0 Å². The van der Waals surface area contributed by atoms with Gasteiger partial charge < -0.3 is 4.90 Å². The zero-order chi connectivity index (χ0) is 21.8. The molecule has 0 aliphatic heterocycles. The van der Waals surface area contributed by atoms with Crippen LogP contribution in [0.4, 0.5) is 0 Å². The predicted octanol–water partition coefficient (Wildman–Crippen LogP) is 6.21. The quantitative estimate of drug-likeness (QED) is 0.217. The van der Waals surface area contributed by atoms with E-state index in [1.165, 1.54) is 44.1 Å². The lowest BCUT2D eigenvalue weighted by Crippen LogP contribution is -2.12. The van der Waals surface area contributed by atoms with Crippen molar-refractivity contribution in [2.24, 2.45) is 0 Å². The molecule has 0 aromatic heterocycles. The van der Waals surface area contributed by atoms with E-state index in [-0.39, 0.29) is 0 Å². The normalized spacial score (nSPS) is 11.9. The van der Waals surface area contributed by atoms with Gasteiger partial charge in [-0.05, 0) is 51.4 Å². The molecular formula is C29H29N2+. The molecule has 0 unspecified atom stereocenters. The van der Waals surface area contributed by atoms with E-state index in [1.54, 1.807) is 0 Å². The summed E-state index contributed by atoms with van der Waals surface area (Å²) in [5.74, 6) is 0. The van der Waals surface area contributed by atoms with E-state index in [2.05, 4.69) is 141 Å².